The topological polar surface area (TPSA) is 90.5 Å². The van der Waals surface area contributed by atoms with Gasteiger partial charge in [-0.25, -0.2) is 9.18 Å². The van der Waals surface area contributed by atoms with E-state index in [0.717, 1.165) is 24.8 Å². The summed E-state index contributed by atoms with van der Waals surface area (Å²) in [7, 11) is 0. The van der Waals surface area contributed by atoms with Gasteiger partial charge in [0.2, 0.25) is 11.8 Å². The maximum Gasteiger partial charge on any atom is 0.315 e. The average Bonchev–Trinajstić information content (AvgIpc) is 3.30. The molecule has 1 aliphatic heterocycles. The van der Waals surface area contributed by atoms with Crippen molar-refractivity contribution < 1.29 is 18.8 Å². The predicted octanol–water partition coefficient (Wildman–Crippen LogP) is 0.894. The second-order valence-electron chi connectivity index (χ2n) is 6.69. The molecule has 4 amide bonds. The van der Waals surface area contributed by atoms with Gasteiger partial charge < -0.3 is 20.9 Å². The summed E-state index contributed by atoms with van der Waals surface area (Å²) in [5.41, 5.74) is 0.754. The number of urea groups is 1. The third-order valence-electron chi connectivity index (χ3n) is 4.57. The number of amides is 4. The maximum atomic E-state index is 12.8. The van der Waals surface area contributed by atoms with Crippen LogP contribution in [0.4, 0.5) is 9.18 Å². The molecule has 3 N–H and O–H groups in total. The van der Waals surface area contributed by atoms with Gasteiger partial charge in [-0.15, -0.1) is 0 Å². The largest absolute Gasteiger partial charge is 0.352 e. The number of nitrogens with zero attached hydrogens (tertiary/aromatic N) is 1. The molecule has 1 aromatic rings. The monoisotopic (exact) mass is 362 g/mol. The molecule has 1 aliphatic carbocycles. The van der Waals surface area contributed by atoms with Crippen LogP contribution in [0.25, 0.3) is 0 Å². The van der Waals surface area contributed by atoms with Crippen molar-refractivity contribution in [1.82, 2.24) is 20.9 Å². The van der Waals surface area contributed by atoms with Gasteiger partial charge >= 0.3 is 6.03 Å². The number of nitrogens with one attached hydrogen (secondary N) is 3. The van der Waals surface area contributed by atoms with Crippen LogP contribution >= 0.6 is 0 Å². The minimum Gasteiger partial charge on any atom is -0.352 e. The number of hydrogen-bond acceptors (Lipinski definition) is 3. The van der Waals surface area contributed by atoms with Gasteiger partial charge in [-0.3, -0.25) is 9.59 Å². The quantitative estimate of drug-likeness (QED) is 0.702. The molecule has 8 heteroatoms. The van der Waals surface area contributed by atoms with Crippen molar-refractivity contribution in [3.63, 3.8) is 0 Å². The van der Waals surface area contributed by atoms with Crippen LogP contribution in [-0.4, -0.2) is 47.9 Å². The molecule has 0 aromatic heterocycles. The summed E-state index contributed by atoms with van der Waals surface area (Å²) >= 11 is 0. The van der Waals surface area contributed by atoms with Gasteiger partial charge in [0.1, 0.15) is 11.9 Å². The molecular formula is C18H23FN4O3. The molecule has 0 bridgehead atoms. The summed E-state index contributed by atoms with van der Waals surface area (Å²) in [5.74, 6) is -0.704. The number of carbonyl (C=O) groups is 3. The fourth-order valence-electron chi connectivity index (χ4n) is 2.97. The van der Waals surface area contributed by atoms with E-state index in [0.29, 0.717) is 13.0 Å². The van der Waals surface area contributed by atoms with Crippen LogP contribution in [-0.2, 0) is 16.1 Å². The molecule has 26 heavy (non-hydrogen) atoms. The SMILES string of the molecule is O=C(NCC(=O)N1CCCC1C(=O)NC1CC1)NCc1ccc(F)cc1. The minimum atomic E-state index is -0.485. The lowest BCUT2D eigenvalue weighted by Crippen LogP contribution is -2.50. The van der Waals surface area contributed by atoms with Crippen LogP contribution in [0.1, 0.15) is 31.2 Å². The molecular weight excluding hydrogens is 339 g/mol. The van der Waals surface area contributed by atoms with E-state index in [9.17, 15) is 18.8 Å². The zero-order chi connectivity index (χ0) is 18.5. The minimum absolute atomic E-state index is 0.0980. The highest BCUT2D eigenvalue weighted by Crippen LogP contribution is 2.22. The lowest BCUT2D eigenvalue weighted by molar-refractivity contribution is -0.137. The van der Waals surface area contributed by atoms with E-state index < -0.39 is 12.1 Å². The molecule has 1 aromatic carbocycles. The Kier molecular flexibility index (Phi) is 5.70. The Balaban J connectivity index is 1.41. The standard InChI is InChI=1S/C18H23FN4O3/c19-13-5-3-12(4-6-13)10-20-18(26)21-11-16(24)23-9-1-2-15(23)17(25)22-14-7-8-14/h3-6,14-15H,1-2,7-11H2,(H,22,25)(H2,20,21,26). The molecule has 2 aliphatic rings. The van der Waals surface area contributed by atoms with E-state index in [1.807, 2.05) is 0 Å². The molecule has 2 fully saturated rings. The van der Waals surface area contributed by atoms with Gasteiger partial charge in [-0.05, 0) is 43.4 Å². The van der Waals surface area contributed by atoms with Crippen molar-refractivity contribution in [2.45, 2.75) is 44.3 Å². The molecule has 1 atom stereocenters. The van der Waals surface area contributed by atoms with Crippen molar-refractivity contribution in [2.24, 2.45) is 0 Å². The predicted molar refractivity (Wildman–Crippen MR) is 92.5 cm³/mol. The fraction of sp³-hybridized carbons (Fsp3) is 0.500. The summed E-state index contributed by atoms with van der Waals surface area (Å²) in [4.78, 5) is 37.9. The Morgan fingerprint density at radius 1 is 1.08 bits per heavy atom. The van der Waals surface area contributed by atoms with Crippen LogP contribution in [0.15, 0.2) is 24.3 Å². The van der Waals surface area contributed by atoms with Crippen LogP contribution in [0.5, 0.6) is 0 Å². The van der Waals surface area contributed by atoms with Gasteiger partial charge in [0, 0.05) is 19.1 Å². The smallest absolute Gasteiger partial charge is 0.315 e. The van der Waals surface area contributed by atoms with Gasteiger partial charge in [0.25, 0.3) is 0 Å². The Morgan fingerprint density at radius 2 is 1.81 bits per heavy atom. The molecule has 7 nitrogen and oxygen atoms in total. The molecule has 1 saturated heterocycles. The normalized spacial score (nSPS) is 19.1. The van der Waals surface area contributed by atoms with Crippen LogP contribution in [0, 0.1) is 5.82 Å². The van der Waals surface area contributed by atoms with E-state index in [2.05, 4.69) is 16.0 Å². The Morgan fingerprint density at radius 3 is 2.50 bits per heavy atom. The second-order valence-corrected chi connectivity index (χ2v) is 6.69. The highest BCUT2D eigenvalue weighted by molar-refractivity contribution is 5.90. The van der Waals surface area contributed by atoms with Crippen molar-refractivity contribution >= 4 is 17.8 Å². The average molecular weight is 362 g/mol. The third kappa shape index (κ3) is 4.93. The van der Waals surface area contributed by atoms with Gasteiger partial charge in [0.05, 0.1) is 6.54 Å². The van der Waals surface area contributed by atoms with E-state index in [-0.39, 0.29) is 36.8 Å². The first-order valence-corrected chi connectivity index (χ1v) is 8.89. The van der Waals surface area contributed by atoms with E-state index >= 15 is 0 Å². The van der Waals surface area contributed by atoms with E-state index in [1.165, 1.54) is 17.0 Å². The number of hydrogen-bond donors (Lipinski definition) is 3. The zero-order valence-corrected chi connectivity index (χ0v) is 14.5. The lowest BCUT2D eigenvalue weighted by atomic mass is 10.2. The number of benzene rings is 1. The molecule has 1 unspecified atom stereocenters. The Bertz CT molecular complexity index is 676. The number of halogens is 1. The van der Waals surface area contributed by atoms with Gasteiger partial charge in [0.15, 0.2) is 0 Å². The highest BCUT2D eigenvalue weighted by atomic mass is 19.1. The number of rotatable bonds is 6. The molecule has 1 heterocycles. The summed E-state index contributed by atoms with van der Waals surface area (Å²) in [6.45, 7) is 0.597. The molecule has 0 spiro atoms. The lowest BCUT2D eigenvalue weighted by Gasteiger charge is -2.24. The third-order valence-corrected chi connectivity index (χ3v) is 4.57. The maximum absolute atomic E-state index is 12.8. The van der Waals surface area contributed by atoms with Crippen LogP contribution < -0.4 is 16.0 Å². The Hall–Kier alpha value is -2.64. The fourth-order valence-corrected chi connectivity index (χ4v) is 2.97. The molecule has 1 saturated carbocycles. The molecule has 0 radical (unpaired) electrons. The highest BCUT2D eigenvalue weighted by Gasteiger charge is 2.36. The first-order valence-electron chi connectivity index (χ1n) is 8.89. The zero-order valence-electron chi connectivity index (χ0n) is 14.5. The summed E-state index contributed by atoms with van der Waals surface area (Å²) in [5, 5.41) is 8.05. The van der Waals surface area contributed by atoms with Crippen LogP contribution in [0.3, 0.4) is 0 Å². The van der Waals surface area contributed by atoms with Gasteiger partial charge in [-0.2, -0.15) is 0 Å². The van der Waals surface area contributed by atoms with Crippen molar-refractivity contribution in [2.75, 3.05) is 13.1 Å². The number of carbonyl (C=O) groups excluding carboxylic acids is 3. The first kappa shape index (κ1) is 18.2. The first-order chi connectivity index (χ1) is 12.5. The van der Waals surface area contributed by atoms with Crippen molar-refractivity contribution in [1.29, 1.82) is 0 Å². The Labute approximate surface area is 151 Å². The van der Waals surface area contributed by atoms with E-state index in [1.54, 1.807) is 12.1 Å². The summed E-state index contributed by atoms with van der Waals surface area (Å²) in [6.07, 6.45) is 3.44. The van der Waals surface area contributed by atoms with Crippen molar-refractivity contribution in [3.8, 4) is 0 Å². The van der Waals surface area contributed by atoms with Crippen molar-refractivity contribution in [3.05, 3.63) is 35.6 Å². The second kappa shape index (κ2) is 8.16. The molecule has 140 valence electrons. The summed E-state index contributed by atoms with van der Waals surface area (Å²) < 4.78 is 12.8. The number of likely N-dealkylation sites (tertiary alicyclic amines) is 1. The summed E-state index contributed by atoms with van der Waals surface area (Å²) in [6, 6.07) is 5.13. The van der Waals surface area contributed by atoms with E-state index in [4.69, 9.17) is 0 Å². The van der Waals surface area contributed by atoms with Gasteiger partial charge in [-0.1, -0.05) is 12.1 Å². The van der Waals surface area contributed by atoms with Crippen LogP contribution in [0.2, 0.25) is 0 Å². The molecule has 3 rings (SSSR count).